The minimum Gasteiger partial charge on any atom is -0.360 e. The molecule has 1 N–H and O–H groups in total. The first kappa shape index (κ1) is 17.4. The summed E-state index contributed by atoms with van der Waals surface area (Å²) >= 11 is 0. The molecule has 9 heteroatoms. The first-order chi connectivity index (χ1) is 11.3. The molecule has 1 aliphatic carbocycles. The summed E-state index contributed by atoms with van der Waals surface area (Å²) in [5.74, 6) is 0.936. The van der Waals surface area contributed by atoms with E-state index in [-0.39, 0.29) is 18.0 Å². The van der Waals surface area contributed by atoms with Crippen LogP contribution < -0.4 is 5.32 Å². The smallest absolute Gasteiger partial charge is 0.281 e. The van der Waals surface area contributed by atoms with Crippen LogP contribution in [0.1, 0.15) is 54.8 Å². The number of hydrogen-bond acceptors (Lipinski definition) is 5. The Hall–Kier alpha value is -1.45. The van der Waals surface area contributed by atoms with Crippen molar-refractivity contribution in [2.75, 3.05) is 20.6 Å². The van der Waals surface area contributed by atoms with Crippen LogP contribution in [0.15, 0.2) is 10.6 Å². The van der Waals surface area contributed by atoms with Gasteiger partial charge in [-0.05, 0) is 32.6 Å². The first-order valence-electron chi connectivity index (χ1n) is 8.26. The Bertz CT molecular complexity index is 711. The van der Waals surface area contributed by atoms with E-state index in [4.69, 9.17) is 4.52 Å². The van der Waals surface area contributed by atoms with Gasteiger partial charge in [0, 0.05) is 44.7 Å². The van der Waals surface area contributed by atoms with E-state index < -0.39 is 10.2 Å². The summed E-state index contributed by atoms with van der Waals surface area (Å²) in [5.41, 5.74) is 0.299. The molecule has 2 atom stereocenters. The third-order valence-electron chi connectivity index (χ3n) is 4.65. The maximum atomic E-state index is 12.3. The Kier molecular flexibility index (Phi) is 4.67. The van der Waals surface area contributed by atoms with Crippen LogP contribution in [0.5, 0.6) is 0 Å². The van der Waals surface area contributed by atoms with Crippen LogP contribution in [0.25, 0.3) is 0 Å². The highest BCUT2D eigenvalue weighted by Crippen LogP contribution is 2.40. The van der Waals surface area contributed by atoms with Gasteiger partial charge in [-0.3, -0.25) is 4.79 Å². The quantitative estimate of drug-likeness (QED) is 0.847. The molecule has 1 saturated carbocycles. The zero-order chi connectivity index (χ0) is 17.5. The number of amides is 1. The van der Waals surface area contributed by atoms with Gasteiger partial charge in [0.05, 0.1) is 0 Å². The summed E-state index contributed by atoms with van der Waals surface area (Å²) in [6, 6.07) is 1.47. The van der Waals surface area contributed by atoms with E-state index in [1.54, 1.807) is 6.07 Å². The number of rotatable bonds is 5. The third kappa shape index (κ3) is 3.47. The lowest BCUT2D eigenvalue weighted by Gasteiger charge is -2.37. The number of carbonyl (C=O) groups excluding carboxylic acids is 1. The van der Waals surface area contributed by atoms with Crippen LogP contribution in [0.3, 0.4) is 0 Å². The minimum atomic E-state index is -3.43. The highest BCUT2D eigenvalue weighted by Gasteiger charge is 2.35. The lowest BCUT2D eigenvalue weighted by atomic mass is 10.0. The molecular formula is C15H24N4O4S. The van der Waals surface area contributed by atoms with Gasteiger partial charge in [0.15, 0.2) is 5.69 Å². The molecule has 134 valence electrons. The summed E-state index contributed by atoms with van der Waals surface area (Å²) in [4.78, 5) is 12.3. The zero-order valence-electron chi connectivity index (χ0n) is 14.2. The van der Waals surface area contributed by atoms with E-state index in [9.17, 15) is 13.2 Å². The largest absolute Gasteiger partial charge is 0.360 e. The molecule has 2 aliphatic rings. The summed E-state index contributed by atoms with van der Waals surface area (Å²) < 4.78 is 32.4. The summed E-state index contributed by atoms with van der Waals surface area (Å²) in [7, 11) is -0.374. The van der Waals surface area contributed by atoms with Gasteiger partial charge in [-0.1, -0.05) is 5.16 Å². The maximum absolute atomic E-state index is 12.3. The Morgan fingerprint density at radius 1 is 1.38 bits per heavy atom. The van der Waals surface area contributed by atoms with Crippen LogP contribution in [-0.2, 0) is 10.2 Å². The summed E-state index contributed by atoms with van der Waals surface area (Å²) in [5, 5.41) is 6.78. The van der Waals surface area contributed by atoms with Crippen molar-refractivity contribution < 1.29 is 17.7 Å². The molecule has 1 aliphatic heterocycles. The van der Waals surface area contributed by atoms with Gasteiger partial charge in [-0.15, -0.1) is 0 Å². The van der Waals surface area contributed by atoms with Crippen molar-refractivity contribution in [3.63, 3.8) is 0 Å². The fourth-order valence-corrected chi connectivity index (χ4v) is 4.35. The molecule has 0 radical (unpaired) electrons. The highest BCUT2D eigenvalue weighted by atomic mass is 32.2. The van der Waals surface area contributed by atoms with Crippen molar-refractivity contribution in [1.82, 2.24) is 19.1 Å². The van der Waals surface area contributed by atoms with Gasteiger partial charge in [0.2, 0.25) is 0 Å². The second kappa shape index (κ2) is 6.45. The summed E-state index contributed by atoms with van der Waals surface area (Å²) in [6.07, 6.45) is 3.34. The normalized spacial score (nSPS) is 25.8. The van der Waals surface area contributed by atoms with Crippen LogP contribution in [0.2, 0.25) is 0 Å². The van der Waals surface area contributed by atoms with E-state index in [0.717, 1.165) is 18.6 Å². The van der Waals surface area contributed by atoms with Gasteiger partial charge in [-0.2, -0.15) is 17.0 Å². The molecule has 8 nitrogen and oxygen atoms in total. The van der Waals surface area contributed by atoms with Gasteiger partial charge < -0.3 is 9.84 Å². The predicted octanol–water partition coefficient (Wildman–Crippen LogP) is 0.941. The summed E-state index contributed by atoms with van der Waals surface area (Å²) in [6.45, 7) is 2.25. The molecule has 24 heavy (non-hydrogen) atoms. The van der Waals surface area contributed by atoms with Gasteiger partial charge >= 0.3 is 0 Å². The Morgan fingerprint density at radius 2 is 2.08 bits per heavy atom. The molecule has 1 aromatic rings. The van der Waals surface area contributed by atoms with Crippen molar-refractivity contribution in [3.05, 3.63) is 17.5 Å². The van der Waals surface area contributed by atoms with Crippen molar-refractivity contribution in [2.45, 2.75) is 50.6 Å². The standard InChI is InChI=1S/C15H24N4O4S/c1-10-8-12(6-7-19(10)24(21,22)18(2)3)16-15(20)13-9-14(23-17-13)11-4-5-11/h9-12H,4-8H2,1-3H3,(H,16,20)/t10-,12-/m0/s1. The van der Waals surface area contributed by atoms with Crippen LogP contribution in [-0.4, -0.2) is 60.8 Å². The van der Waals surface area contributed by atoms with Gasteiger partial charge in [0.25, 0.3) is 16.1 Å². The molecule has 1 aromatic heterocycles. The van der Waals surface area contributed by atoms with E-state index in [0.29, 0.717) is 31.0 Å². The van der Waals surface area contributed by atoms with Gasteiger partial charge in [0.1, 0.15) is 5.76 Å². The average Bonchev–Trinajstić information content (AvgIpc) is 3.24. The fourth-order valence-electron chi connectivity index (χ4n) is 3.05. The molecule has 1 amide bonds. The lowest BCUT2D eigenvalue weighted by Crippen LogP contribution is -2.53. The van der Waals surface area contributed by atoms with E-state index in [1.165, 1.54) is 22.7 Å². The van der Waals surface area contributed by atoms with E-state index >= 15 is 0 Å². The zero-order valence-corrected chi connectivity index (χ0v) is 15.0. The van der Waals surface area contributed by atoms with Crippen LogP contribution in [0, 0.1) is 0 Å². The molecule has 0 unspecified atom stereocenters. The average molecular weight is 356 g/mol. The minimum absolute atomic E-state index is 0.0674. The molecule has 1 saturated heterocycles. The van der Waals surface area contributed by atoms with Gasteiger partial charge in [-0.25, -0.2) is 0 Å². The first-order valence-corrected chi connectivity index (χ1v) is 9.65. The molecule has 2 heterocycles. The number of hydrogen-bond donors (Lipinski definition) is 1. The Balaban J connectivity index is 1.58. The SMILES string of the molecule is C[C@H]1C[C@@H](NC(=O)c2cc(C3CC3)on2)CCN1S(=O)(=O)N(C)C. The fraction of sp³-hybridized carbons (Fsp3) is 0.733. The number of aromatic nitrogens is 1. The number of nitrogens with one attached hydrogen (secondary N) is 1. The molecule has 0 spiro atoms. The molecule has 0 bridgehead atoms. The third-order valence-corrected chi connectivity index (χ3v) is 6.71. The predicted molar refractivity (Wildman–Crippen MR) is 87.7 cm³/mol. The molecular weight excluding hydrogens is 332 g/mol. The number of nitrogens with zero attached hydrogens (tertiary/aromatic N) is 3. The Labute approximate surface area is 142 Å². The van der Waals surface area contributed by atoms with E-state index in [1.807, 2.05) is 6.92 Å². The van der Waals surface area contributed by atoms with Crippen molar-refractivity contribution >= 4 is 16.1 Å². The topological polar surface area (TPSA) is 95.7 Å². The second-order valence-electron chi connectivity index (χ2n) is 6.83. The molecule has 2 fully saturated rings. The monoisotopic (exact) mass is 356 g/mol. The van der Waals surface area contributed by atoms with Crippen molar-refractivity contribution in [2.24, 2.45) is 0 Å². The Morgan fingerprint density at radius 3 is 2.67 bits per heavy atom. The number of carbonyl (C=O) groups is 1. The van der Waals surface area contributed by atoms with E-state index in [2.05, 4.69) is 10.5 Å². The highest BCUT2D eigenvalue weighted by molar-refractivity contribution is 7.86. The van der Waals surface area contributed by atoms with Crippen LogP contribution >= 0.6 is 0 Å². The number of piperidine rings is 1. The van der Waals surface area contributed by atoms with Crippen LogP contribution in [0.4, 0.5) is 0 Å². The van der Waals surface area contributed by atoms with Crippen molar-refractivity contribution in [1.29, 1.82) is 0 Å². The molecule has 0 aromatic carbocycles. The maximum Gasteiger partial charge on any atom is 0.281 e. The molecule has 3 rings (SSSR count). The van der Waals surface area contributed by atoms with Crippen molar-refractivity contribution in [3.8, 4) is 0 Å². The second-order valence-corrected chi connectivity index (χ2v) is 8.93. The lowest BCUT2D eigenvalue weighted by molar-refractivity contribution is 0.0904.